The minimum atomic E-state index is -1.01. The molecular formula is C17H18FNO2. The van der Waals surface area contributed by atoms with Crippen LogP contribution in [0.4, 0.5) is 4.39 Å². The lowest BCUT2D eigenvalue weighted by molar-refractivity contribution is 0.0696. The highest BCUT2D eigenvalue weighted by Gasteiger charge is 2.40. The van der Waals surface area contributed by atoms with E-state index in [4.69, 9.17) is 0 Å². The normalized spacial score (nSPS) is 19.8. The Bertz CT molecular complexity index is 780. The van der Waals surface area contributed by atoms with Crippen LogP contribution in [0.3, 0.4) is 0 Å². The average molecular weight is 287 g/mol. The molecule has 3 rings (SSSR count). The Kier molecular flexibility index (Phi) is 2.84. The van der Waals surface area contributed by atoms with E-state index in [1.165, 1.54) is 12.1 Å². The maximum absolute atomic E-state index is 13.7. The summed E-state index contributed by atoms with van der Waals surface area (Å²) >= 11 is 0. The van der Waals surface area contributed by atoms with Crippen molar-refractivity contribution >= 4 is 16.9 Å². The molecule has 1 unspecified atom stereocenters. The summed E-state index contributed by atoms with van der Waals surface area (Å²) in [7, 11) is 0. The smallest absolute Gasteiger partial charge is 0.336 e. The summed E-state index contributed by atoms with van der Waals surface area (Å²) in [5.74, 6) is -1.22. The molecule has 1 heterocycles. The second kappa shape index (κ2) is 4.26. The largest absolute Gasteiger partial charge is 0.478 e. The van der Waals surface area contributed by atoms with Crippen molar-refractivity contribution in [2.45, 2.75) is 45.4 Å². The van der Waals surface area contributed by atoms with Crippen LogP contribution in [0.1, 0.15) is 60.3 Å². The topological polar surface area (TPSA) is 50.2 Å². The summed E-state index contributed by atoms with van der Waals surface area (Å²) < 4.78 is 13.7. The minimum Gasteiger partial charge on any atom is -0.478 e. The Labute approximate surface area is 122 Å². The molecular weight excluding hydrogens is 269 g/mol. The van der Waals surface area contributed by atoms with Gasteiger partial charge in [0.1, 0.15) is 5.82 Å². The molecule has 0 saturated carbocycles. The van der Waals surface area contributed by atoms with Gasteiger partial charge in [0.2, 0.25) is 0 Å². The lowest BCUT2D eigenvalue weighted by Crippen LogP contribution is -2.18. The van der Waals surface area contributed by atoms with Crippen LogP contribution in [-0.2, 0) is 5.41 Å². The molecule has 1 aliphatic rings. The Morgan fingerprint density at radius 3 is 2.71 bits per heavy atom. The zero-order valence-corrected chi connectivity index (χ0v) is 12.6. The van der Waals surface area contributed by atoms with Gasteiger partial charge in [-0.3, -0.25) is 4.98 Å². The Hall–Kier alpha value is -1.97. The van der Waals surface area contributed by atoms with Crippen LogP contribution < -0.4 is 0 Å². The molecule has 21 heavy (non-hydrogen) atoms. The minimum absolute atomic E-state index is 0.210. The van der Waals surface area contributed by atoms with Crippen LogP contribution in [0.15, 0.2) is 12.1 Å². The van der Waals surface area contributed by atoms with Crippen molar-refractivity contribution in [1.82, 2.24) is 4.98 Å². The molecule has 0 spiro atoms. The fraction of sp³-hybridized carbons (Fsp3) is 0.412. The number of carboxylic acid groups (broad SMARTS) is 1. The number of halogens is 1. The fourth-order valence-corrected chi connectivity index (χ4v) is 3.74. The van der Waals surface area contributed by atoms with Gasteiger partial charge in [-0.15, -0.1) is 0 Å². The molecule has 0 fully saturated rings. The number of aromatic nitrogens is 1. The van der Waals surface area contributed by atoms with Crippen molar-refractivity contribution < 1.29 is 14.3 Å². The molecule has 1 N–H and O–H groups in total. The van der Waals surface area contributed by atoms with Gasteiger partial charge in [0, 0.05) is 11.1 Å². The first-order valence-electron chi connectivity index (χ1n) is 7.10. The summed E-state index contributed by atoms with van der Waals surface area (Å²) in [5, 5.41) is 10.1. The van der Waals surface area contributed by atoms with Gasteiger partial charge in [0.15, 0.2) is 0 Å². The first kappa shape index (κ1) is 14.0. The quantitative estimate of drug-likeness (QED) is 0.856. The molecule has 1 aliphatic carbocycles. The van der Waals surface area contributed by atoms with Crippen LogP contribution in [0, 0.1) is 12.7 Å². The van der Waals surface area contributed by atoms with E-state index in [-0.39, 0.29) is 16.9 Å². The number of carboxylic acids is 1. The van der Waals surface area contributed by atoms with E-state index in [0.717, 1.165) is 17.7 Å². The van der Waals surface area contributed by atoms with Gasteiger partial charge < -0.3 is 5.11 Å². The first-order chi connectivity index (χ1) is 9.72. The number of nitrogens with zero attached hydrogens (tertiary/aromatic N) is 1. The van der Waals surface area contributed by atoms with E-state index < -0.39 is 11.8 Å². The van der Waals surface area contributed by atoms with E-state index >= 15 is 0 Å². The number of fused-ring (bicyclic) bond motifs is 2. The SMILES string of the molecule is Cc1cc(F)cc2c(C(=O)O)c3c(nc12)C(C)CC3(C)C. The molecule has 110 valence electrons. The molecule has 0 bridgehead atoms. The number of hydrogen-bond acceptors (Lipinski definition) is 2. The monoisotopic (exact) mass is 287 g/mol. The molecule has 3 nitrogen and oxygen atoms in total. The van der Waals surface area contributed by atoms with Crippen LogP contribution >= 0.6 is 0 Å². The van der Waals surface area contributed by atoms with Crippen LogP contribution in [0.2, 0.25) is 0 Å². The zero-order valence-electron chi connectivity index (χ0n) is 12.6. The van der Waals surface area contributed by atoms with Crippen LogP contribution in [-0.4, -0.2) is 16.1 Å². The third-order valence-electron chi connectivity index (χ3n) is 4.45. The van der Waals surface area contributed by atoms with Crippen molar-refractivity contribution in [2.75, 3.05) is 0 Å². The van der Waals surface area contributed by atoms with Gasteiger partial charge in [-0.2, -0.15) is 0 Å². The molecule has 4 heteroatoms. The maximum atomic E-state index is 13.7. The summed E-state index contributed by atoms with van der Waals surface area (Å²) in [4.78, 5) is 16.5. The third kappa shape index (κ3) is 1.93. The number of benzene rings is 1. The molecule has 0 amide bonds. The summed E-state index contributed by atoms with van der Waals surface area (Å²) in [6.07, 6.45) is 0.855. The summed E-state index contributed by atoms with van der Waals surface area (Å²) in [6.45, 7) is 7.89. The van der Waals surface area contributed by atoms with Crippen LogP contribution in [0.5, 0.6) is 0 Å². The Balaban J connectivity index is 2.54. The molecule has 1 atom stereocenters. The number of aryl methyl sites for hydroxylation is 1. The van der Waals surface area contributed by atoms with Crippen molar-refractivity contribution in [3.8, 4) is 0 Å². The zero-order chi connectivity index (χ0) is 15.5. The molecule has 1 aromatic carbocycles. The number of rotatable bonds is 1. The maximum Gasteiger partial charge on any atom is 0.336 e. The van der Waals surface area contributed by atoms with Crippen LogP contribution in [0.25, 0.3) is 10.9 Å². The number of hydrogen-bond donors (Lipinski definition) is 1. The van der Waals surface area contributed by atoms with E-state index in [1.54, 1.807) is 6.92 Å². The molecule has 0 radical (unpaired) electrons. The highest BCUT2D eigenvalue weighted by atomic mass is 19.1. The number of aromatic carboxylic acids is 1. The van der Waals surface area contributed by atoms with Gasteiger partial charge >= 0.3 is 5.97 Å². The van der Waals surface area contributed by atoms with Crippen molar-refractivity contribution in [2.24, 2.45) is 0 Å². The Morgan fingerprint density at radius 2 is 2.10 bits per heavy atom. The highest BCUT2D eigenvalue weighted by Crippen LogP contribution is 2.48. The number of carbonyl (C=O) groups is 1. The molecule has 0 aliphatic heterocycles. The lowest BCUT2D eigenvalue weighted by Gasteiger charge is -2.22. The van der Waals surface area contributed by atoms with Gasteiger partial charge in [0.05, 0.1) is 11.1 Å². The van der Waals surface area contributed by atoms with Crippen molar-refractivity contribution in [1.29, 1.82) is 0 Å². The second-order valence-corrected chi connectivity index (χ2v) is 6.66. The van der Waals surface area contributed by atoms with Gasteiger partial charge in [-0.05, 0) is 47.9 Å². The first-order valence-corrected chi connectivity index (χ1v) is 7.10. The van der Waals surface area contributed by atoms with E-state index in [9.17, 15) is 14.3 Å². The second-order valence-electron chi connectivity index (χ2n) is 6.66. The van der Waals surface area contributed by atoms with E-state index in [2.05, 4.69) is 11.9 Å². The van der Waals surface area contributed by atoms with Gasteiger partial charge in [0.25, 0.3) is 0 Å². The van der Waals surface area contributed by atoms with Gasteiger partial charge in [-0.1, -0.05) is 20.8 Å². The summed E-state index contributed by atoms with van der Waals surface area (Å²) in [6, 6.07) is 2.69. The van der Waals surface area contributed by atoms with Gasteiger partial charge in [-0.25, -0.2) is 9.18 Å². The molecule has 2 aromatic rings. The Morgan fingerprint density at radius 1 is 1.43 bits per heavy atom. The molecule has 0 saturated heterocycles. The third-order valence-corrected chi connectivity index (χ3v) is 4.45. The predicted molar refractivity (Wildman–Crippen MR) is 79.5 cm³/mol. The highest BCUT2D eigenvalue weighted by molar-refractivity contribution is 6.05. The lowest BCUT2D eigenvalue weighted by atomic mass is 9.82. The average Bonchev–Trinajstić information content (AvgIpc) is 2.57. The van der Waals surface area contributed by atoms with Crippen molar-refractivity contribution in [3.63, 3.8) is 0 Å². The number of pyridine rings is 1. The standard InChI is InChI=1S/C17H18FNO2/c1-8-5-10(18)6-11-12(16(20)21)13-15(19-14(8)11)9(2)7-17(13,3)4/h5-6,9H,7H2,1-4H3,(H,20,21). The molecule has 1 aromatic heterocycles. The van der Waals surface area contributed by atoms with E-state index in [0.29, 0.717) is 16.5 Å². The fourth-order valence-electron chi connectivity index (χ4n) is 3.74. The summed E-state index contributed by atoms with van der Waals surface area (Å²) in [5.41, 5.74) is 2.83. The predicted octanol–water partition coefficient (Wildman–Crippen LogP) is 4.17. The van der Waals surface area contributed by atoms with E-state index in [1.807, 2.05) is 13.8 Å². The van der Waals surface area contributed by atoms with Crippen molar-refractivity contribution in [3.05, 3.63) is 40.3 Å².